The van der Waals surface area contributed by atoms with Crippen LogP contribution in [0.15, 0.2) is 42.5 Å². The normalized spacial score (nSPS) is 13.8. The molecule has 0 atom stereocenters. The molecule has 2 aromatic carbocycles. The molecule has 1 N–H and O–H groups in total. The molecular formula is C16H14F2N2O2. The Bertz CT molecular complexity index is 689. The number of urea groups is 1. The number of hydrogen-bond acceptors (Lipinski definition) is 2. The van der Waals surface area contributed by atoms with E-state index in [9.17, 15) is 13.6 Å². The summed E-state index contributed by atoms with van der Waals surface area (Å²) in [6, 6.07) is 9.41. The van der Waals surface area contributed by atoms with E-state index in [-0.39, 0.29) is 24.2 Å². The largest absolute Gasteiger partial charge is 0.491 e. The minimum Gasteiger partial charge on any atom is -0.491 e. The van der Waals surface area contributed by atoms with Crippen LogP contribution in [0.25, 0.3) is 0 Å². The zero-order valence-electron chi connectivity index (χ0n) is 11.7. The molecule has 1 aliphatic heterocycles. The number of carbonyl (C=O) groups is 1. The number of rotatable bonds is 1. The Morgan fingerprint density at radius 2 is 1.82 bits per heavy atom. The average molecular weight is 304 g/mol. The minimum atomic E-state index is -0.372. The smallest absolute Gasteiger partial charge is 0.322 e. The zero-order valence-corrected chi connectivity index (χ0v) is 11.7. The molecule has 1 heterocycles. The van der Waals surface area contributed by atoms with E-state index < -0.39 is 0 Å². The molecule has 6 heteroatoms. The number of ether oxygens (including phenoxy) is 1. The van der Waals surface area contributed by atoms with Crippen LogP contribution < -0.4 is 10.1 Å². The number of anilines is 1. The molecule has 22 heavy (non-hydrogen) atoms. The Morgan fingerprint density at radius 1 is 1.09 bits per heavy atom. The van der Waals surface area contributed by atoms with Crippen LogP contribution in [0.2, 0.25) is 0 Å². The SMILES string of the molecule is O=C(Nc1ccc(F)cc1)N1CCOc2ccc(F)cc2C1. The first-order valence-corrected chi connectivity index (χ1v) is 6.84. The van der Waals surface area contributed by atoms with Crippen molar-refractivity contribution in [2.75, 3.05) is 18.5 Å². The summed E-state index contributed by atoms with van der Waals surface area (Å²) in [4.78, 5) is 13.8. The first kappa shape index (κ1) is 14.3. The summed E-state index contributed by atoms with van der Waals surface area (Å²) < 4.78 is 31.7. The van der Waals surface area contributed by atoms with E-state index in [0.717, 1.165) is 0 Å². The molecule has 1 aliphatic rings. The van der Waals surface area contributed by atoms with Gasteiger partial charge in [-0.3, -0.25) is 0 Å². The van der Waals surface area contributed by atoms with Gasteiger partial charge in [-0.1, -0.05) is 0 Å². The maximum absolute atomic E-state index is 13.3. The van der Waals surface area contributed by atoms with Gasteiger partial charge in [-0.05, 0) is 42.5 Å². The highest BCUT2D eigenvalue weighted by Crippen LogP contribution is 2.24. The number of nitrogens with zero attached hydrogens (tertiary/aromatic N) is 1. The van der Waals surface area contributed by atoms with Gasteiger partial charge in [0.25, 0.3) is 0 Å². The van der Waals surface area contributed by atoms with Gasteiger partial charge in [0.05, 0.1) is 13.1 Å². The van der Waals surface area contributed by atoms with Crippen molar-refractivity contribution in [1.82, 2.24) is 4.90 Å². The Labute approximate surface area is 126 Å². The average Bonchev–Trinajstić information content (AvgIpc) is 2.71. The highest BCUT2D eigenvalue weighted by Gasteiger charge is 2.20. The van der Waals surface area contributed by atoms with Crippen LogP contribution in [0.3, 0.4) is 0 Å². The highest BCUT2D eigenvalue weighted by atomic mass is 19.1. The van der Waals surface area contributed by atoms with E-state index in [4.69, 9.17) is 4.74 Å². The van der Waals surface area contributed by atoms with Crippen molar-refractivity contribution in [1.29, 1.82) is 0 Å². The molecule has 0 aliphatic carbocycles. The lowest BCUT2D eigenvalue weighted by Crippen LogP contribution is -2.36. The van der Waals surface area contributed by atoms with Crippen molar-refractivity contribution in [3.05, 3.63) is 59.7 Å². The second kappa shape index (κ2) is 6.01. The third-order valence-electron chi connectivity index (χ3n) is 3.39. The van der Waals surface area contributed by atoms with Crippen LogP contribution in [0.4, 0.5) is 19.3 Å². The van der Waals surface area contributed by atoms with Gasteiger partial charge in [0, 0.05) is 11.3 Å². The molecule has 0 unspecified atom stereocenters. The second-order valence-corrected chi connectivity index (χ2v) is 4.96. The Kier molecular flexibility index (Phi) is 3.91. The van der Waals surface area contributed by atoms with Crippen molar-refractivity contribution < 1.29 is 18.3 Å². The van der Waals surface area contributed by atoms with Crippen molar-refractivity contribution in [3.8, 4) is 5.75 Å². The summed E-state index contributed by atoms with van der Waals surface area (Å²) in [5, 5.41) is 2.68. The van der Waals surface area contributed by atoms with Crippen LogP contribution in [-0.4, -0.2) is 24.1 Å². The summed E-state index contributed by atoms with van der Waals surface area (Å²) in [7, 11) is 0. The van der Waals surface area contributed by atoms with E-state index in [1.807, 2.05) is 0 Å². The van der Waals surface area contributed by atoms with E-state index in [1.165, 1.54) is 41.3 Å². The molecule has 0 radical (unpaired) electrons. The van der Waals surface area contributed by atoms with Gasteiger partial charge >= 0.3 is 6.03 Å². The first-order valence-electron chi connectivity index (χ1n) is 6.84. The van der Waals surface area contributed by atoms with Crippen LogP contribution >= 0.6 is 0 Å². The molecule has 3 rings (SSSR count). The molecule has 0 saturated heterocycles. The van der Waals surface area contributed by atoms with Gasteiger partial charge in [0.15, 0.2) is 0 Å². The molecular weight excluding hydrogens is 290 g/mol. The Morgan fingerprint density at radius 3 is 2.59 bits per heavy atom. The lowest BCUT2D eigenvalue weighted by Gasteiger charge is -2.20. The van der Waals surface area contributed by atoms with Gasteiger partial charge in [0.1, 0.15) is 24.0 Å². The highest BCUT2D eigenvalue weighted by molar-refractivity contribution is 5.89. The van der Waals surface area contributed by atoms with Gasteiger partial charge in [-0.25, -0.2) is 13.6 Å². The lowest BCUT2D eigenvalue weighted by molar-refractivity contribution is 0.200. The summed E-state index contributed by atoms with van der Waals surface area (Å²) in [5.74, 6) is -0.160. The van der Waals surface area contributed by atoms with Crippen LogP contribution in [0, 0.1) is 11.6 Å². The first-order chi connectivity index (χ1) is 10.6. The fourth-order valence-electron chi connectivity index (χ4n) is 2.27. The van der Waals surface area contributed by atoms with E-state index >= 15 is 0 Å². The topological polar surface area (TPSA) is 41.6 Å². The van der Waals surface area contributed by atoms with E-state index in [2.05, 4.69) is 5.32 Å². The maximum atomic E-state index is 13.3. The van der Waals surface area contributed by atoms with Gasteiger partial charge in [0.2, 0.25) is 0 Å². The summed E-state index contributed by atoms with van der Waals surface area (Å²) in [6.45, 7) is 0.957. The number of carbonyl (C=O) groups excluding carboxylic acids is 1. The minimum absolute atomic E-state index is 0.250. The van der Waals surface area contributed by atoms with Crippen molar-refractivity contribution in [2.24, 2.45) is 0 Å². The Hall–Kier alpha value is -2.63. The number of halogens is 2. The fourth-order valence-corrected chi connectivity index (χ4v) is 2.27. The standard InChI is InChI=1S/C16H14F2N2O2/c17-12-1-4-14(5-2-12)19-16(21)20-7-8-22-15-6-3-13(18)9-11(15)10-20/h1-6,9H,7-8,10H2,(H,19,21). The molecule has 0 bridgehead atoms. The van der Waals surface area contributed by atoms with Crippen LogP contribution in [0.1, 0.15) is 5.56 Å². The monoisotopic (exact) mass is 304 g/mol. The van der Waals surface area contributed by atoms with Crippen LogP contribution in [-0.2, 0) is 6.54 Å². The molecule has 0 saturated carbocycles. The number of fused-ring (bicyclic) bond motifs is 1. The number of nitrogens with one attached hydrogen (secondary N) is 1. The number of benzene rings is 2. The lowest BCUT2D eigenvalue weighted by atomic mass is 10.2. The van der Waals surface area contributed by atoms with Gasteiger partial charge in [-0.2, -0.15) is 0 Å². The summed E-state index contributed by atoms with van der Waals surface area (Å²) in [5.41, 5.74) is 1.11. The third kappa shape index (κ3) is 3.16. The van der Waals surface area contributed by atoms with E-state index in [0.29, 0.717) is 30.2 Å². The van der Waals surface area contributed by atoms with Crippen molar-refractivity contribution >= 4 is 11.7 Å². The van der Waals surface area contributed by atoms with Crippen molar-refractivity contribution in [2.45, 2.75) is 6.54 Å². The van der Waals surface area contributed by atoms with Gasteiger partial charge in [-0.15, -0.1) is 0 Å². The molecule has 0 aromatic heterocycles. The number of hydrogen-bond donors (Lipinski definition) is 1. The Balaban J connectivity index is 1.74. The summed E-state index contributed by atoms with van der Waals surface area (Å²) >= 11 is 0. The predicted molar refractivity (Wildman–Crippen MR) is 77.7 cm³/mol. The molecule has 2 aromatic rings. The zero-order chi connectivity index (χ0) is 15.5. The van der Waals surface area contributed by atoms with Crippen molar-refractivity contribution in [3.63, 3.8) is 0 Å². The summed E-state index contributed by atoms with van der Waals surface area (Å²) in [6.07, 6.45) is 0. The second-order valence-electron chi connectivity index (χ2n) is 4.96. The predicted octanol–water partition coefficient (Wildman–Crippen LogP) is 3.39. The molecule has 2 amide bonds. The number of amides is 2. The third-order valence-corrected chi connectivity index (χ3v) is 3.39. The molecule has 4 nitrogen and oxygen atoms in total. The quantitative estimate of drug-likeness (QED) is 0.877. The molecule has 114 valence electrons. The molecule has 0 spiro atoms. The molecule has 0 fully saturated rings. The fraction of sp³-hybridized carbons (Fsp3) is 0.188. The van der Waals surface area contributed by atoms with Crippen LogP contribution in [0.5, 0.6) is 5.75 Å². The maximum Gasteiger partial charge on any atom is 0.322 e. The van der Waals surface area contributed by atoms with E-state index in [1.54, 1.807) is 6.07 Å². The van der Waals surface area contributed by atoms with Gasteiger partial charge < -0.3 is 15.0 Å².